The van der Waals surface area contributed by atoms with Gasteiger partial charge in [-0.05, 0) is 96.3 Å². The standard InChI is InChI=1S/C56H94O6/c1-4-7-10-13-16-19-22-25-27-28-30-31-34-37-40-43-46-49-55(58)61-52-53(51-60-54(57)48-45-42-39-36-33-24-21-18-15-12-9-6-3)62-56(59)50-47-44-41-38-35-32-29-26-23-20-17-14-11-8-5-2/h8,11,16-17,19-20,25-27,29-31,35,38,53H,4-7,9-10,12-15,18,21-24,28,32-34,36-37,39-52H2,1-3H3/b11-8-,19-16-,20-17-,27-25-,29-26-,31-30-,38-35-/t53-/m0/s1. The Labute approximate surface area is 382 Å². The van der Waals surface area contributed by atoms with E-state index in [9.17, 15) is 14.4 Å². The van der Waals surface area contributed by atoms with Crippen LogP contribution in [0, 0.1) is 0 Å². The molecule has 0 aliphatic heterocycles. The number of unbranched alkanes of at least 4 members (excludes halogenated alkanes) is 20. The molecule has 0 spiro atoms. The molecular formula is C56H94O6. The van der Waals surface area contributed by atoms with Gasteiger partial charge in [-0.25, -0.2) is 0 Å². The Balaban J connectivity index is 4.49. The molecule has 0 saturated heterocycles. The van der Waals surface area contributed by atoms with E-state index in [2.05, 4.69) is 106 Å². The topological polar surface area (TPSA) is 78.9 Å². The second-order valence-corrected chi connectivity index (χ2v) is 16.7. The van der Waals surface area contributed by atoms with E-state index < -0.39 is 6.10 Å². The Bertz CT molecular complexity index is 1220. The first-order chi connectivity index (χ1) is 30.5. The summed E-state index contributed by atoms with van der Waals surface area (Å²) >= 11 is 0. The number of rotatable bonds is 45. The van der Waals surface area contributed by atoms with E-state index in [0.29, 0.717) is 19.3 Å². The summed E-state index contributed by atoms with van der Waals surface area (Å²) in [4.78, 5) is 37.9. The summed E-state index contributed by atoms with van der Waals surface area (Å²) < 4.78 is 16.7. The van der Waals surface area contributed by atoms with Crippen molar-refractivity contribution in [1.29, 1.82) is 0 Å². The minimum atomic E-state index is -0.805. The van der Waals surface area contributed by atoms with E-state index in [-0.39, 0.29) is 37.5 Å². The van der Waals surface area contributed by atoms with E-state index in [4.69, 9.17) is 14.2 Å². The zero-order valence-corrected chi connectivity index (χ0v) is 40.4. The summed E-state index contributed by atoms with van der Waals surface area (Å²) in [6.45, 7) is 6.43. The Hall–Kier alpha value is -3.41. The maximum Gasteiger partial charge on any atom is 0.306 e. The van der Waals surface area contributed by atoms with Crippen molar-refractivity contribution >= 4 is 17.9 Å². The van der Waals surface area contributed by atoms with Crippen LogP contribution >= 0.6 is 0 Å². The highest BCUT2D eigenvalue weighted by atomic mass is 16.6. The summed E-state index contributed by atoms with van der Waals surface area (Å²) in [5, 5.41) is 0. The van der Waals surface area contributed by atoms with Crippen molar-refractivity contribution < 1.29 is 28.6 Å². The third kappa shape index (κ3) is 47.6. The SMILES string of the molecule is CC/C=C\C/C=C\C/C=C\C/C=C\CCCCC(=O)O[C@H](COC(=O)CCCCCC/C=C\C/C=C\C/C=C\CCCCC)COC(=O)CCCCCCCCCCCCCC. The van der Waals surface area contributed by atoms with Gasteiger partial charge < -0.3 is 14.2 Å². The van der Waals surface area contributed by atoms with Crippen LogP contribution in [0.1, 0.15) is 233 Å². The van der Waals surface area contributed by atoms with Crippen LogP contribution in [0.3, 0.4) is 0 Å². The molecule has 0 unspecified atom stereocenters. The number of allylic oxidation sites excluding steroid dienone is 14. The molecule has 0 aromatic rings. The van der Waals surface area contributed by atoms with E-state index >= 15 is 0 Å². The van der Waals surface area contributed by atoms with Gasteiger partial charge in [0.2, 0.25) is 0 Å². The molecule has 0 aromatic carbocycles. The summed E-state index contributed by atoms with van der Waals surface area (Å²) in [6, 6.07) is 0. The average Bonchev–Trinajstić information content (AvgIpc) is 3.27. The molecule has 0 amide bonds. The van der Waals surface area contributed by atoms with E-state index in [0.717, 1.165) is 103 Å². The van der Waals surface area contributed by atoms with Crippen molar-refractivity contribution in [3.05, 3.63) is 85.1 Å². The molecule has 6 nitrogen and oxygen atoms in total. The Morgan fingerprint density at radius 3 is 1.05 bits per heavy atom. The first-order valence-corrected chi connectivity index (χ1v) is 25.6. The maximum atomic E-state index is 12.8. The predicted octanol–water partition coefficient (Wildman–Crippen LogP) is 16.8. The number of esters is 3. The predicted molar refractivity (Wildman–Crippen MR) is 265 cm³/mol. The number of ether oxygens (including phenoxy) is 3. The van der Waals surface area contributed by atoms with Gasteiger partial charge in [0.05, 0.1) is 0 Å². The van der Waals surface area contributed by atoms with Crippen molar-refractivity contribution in [3.8, 4) is 0 Å². The lowest BCUT2D eigenvalue weighted by Crippen LogP contribution is -2.30. The van der Waals surface area contributed by atoms with Crippen molar-refractivity contribution in [2.24, 2.45) is 0 Å². The van der Waals surface area contributed by atoms with Crippen LogP contribution in [-0.2, 0) is 28.6 Å². The van der Waals surface area contributed by atoms with Crippen LogP contribution in [0.5, 0.6) is 0 Å². The number of carbonyl (C=O) groups is 3. The molecule has 1 atom stereocenters. The summed E-state index contributed by atoms with van der Waals surface area (Å²) in [7, 11) is 0. The maximum absolute atomic E-state index is 12.8. The van der Waals surface area contributed by atoms with E-state index in [1.807, 2.05) is 0 Å². The molecule has 0 heterocycles. The average molecular weight is 863 g/mol. The smallest absolute Gasteiger partial charge is 0.306 e. The molecule has 0 aromatic heterocycles. The van der Waals surface area contributed by atoms with Gasteiger partial charge in [0.15, 0.2) is 6.10 Å². The van der Waals surface area contributed by atoms with Crippen molar-refractivity contribution in [2.75, 3.05) is 13.2 Å². The Morgan fingerprint density at radius 2 is 0.629 bits per heavy atom. The molecular weight excluding hydrogens is 769 g/mol. The quantitative estimate of drug-likeness (QED) is 0.0263. The molecule has 0 bridgehead atoms. The van der Waals surface area contributed by atoms with Gasteiger partial charge >= 0.3 is 17.9 Å². The van der Waals surface area contributed by atoms with Crippen molar-refractivity contribution in [1.82, 2.24) is 0 Å². The van der Waals surface area contributed by atoms with E-state index in [1.165, 1.54) is 83.5 Å². The summed E-state index contributed by atoms with van der Waals surface area (Å²) in [5.41, 5.74) is 0. The fourth-order valence-corrected chi connectivity index (χ4v) is 6.79. The monoisotopic (exact) mass is 863 g/mol. The highest BCUT2D eigenvalue weighted by Gasteiger charge is 2.19. The second-order valence-electron chi connectivity index (χ2n) is 16.7. The molecule has 0 radical (unpaired) electrons. The van der Waals surface area contributed by atoms with Gasteiger partial charge in [0.25, 0.3) is 0 Å². The fourth-order valence-electron chi connectivity index (χ4n) is 6.79. The lowest BCUT2D eigenvalue weighted by atomic mass is 10.0. The third-order valence-corrected chi connectivity index (χ3v) is 10.6. The molecule has 0 saturated carbocycles. The second kappa shape index (κ2) is 50.2. The molecule has 6 heteroatoms. The Morgan fingerprint density at radius 1 is 0.339 bits per heavy atom. The van der Waals surface area contributed by atoms with Crippen LogP contribution in [0.2, 0.25) is 0 Å². The van der Waals surface area contributed by atoms with Crippen LogP contribution < -0.4 is 0 Å². The molecule has 0 aliphatic rings. The lowest BCUT2D eigenvalue weighted by Gasteiger charge is -2.18. The van der Waals surface area contributed by atoms with Gasteiger partial charge in [-0.3, -0.25) is 14.4 Å². The fraction of sp³-hybridized carbons (Fsp3) is 0.696. The summed E-state index contributed by atoms with van der Waals surface area (Å²) in [6.07, 6.45) is 64.2. The number of hydrogen-bond donors (Lipinski definition) is 0. The van der Waals surface area contributed by atoms with Gasteiger partial charge in [-0.2, -0.15) is 0 Å². The van der Waals surface area contributed by atoms with Gasteiger partial charge in [-0.15, -0.1) is 0 Å². The van der Waals surface area contributed by atoms with Crippen LogP contribution in [0.25, 0.3) is 0 Å². The molecule has 0 fully saturated rings. The highest BCUT2D eigenvalue weighted by Crippen LogP contribution is 2.14. The number of hydrogen-bond acceptors (Lipinski definition) is 6. The van der Waals surface area contributed by atoms with Crippen molar-refractivity contribution in [3.63, 3.8) is 0 Å². The van der Waals surface area contributed by atoms with Crippen LogP contribution in [-0.4, -0.2) is 37.2 Å². The van der Waals surface area contributed by atoms with Crippen molar-refractivity contribution in [2.45, 2.75) is 239 Å². The summed E-state index contributed by atoms with van der Waals surface area (Å²) in [5.74, 6) is -0.965. The Kier molecular flexibility index (Phi) is 47.5. The molecule has 62 heavy (non-hydrogen) atoms. The van der Waals surface area contributed by atoms with Gasteiger partial charge in [-0.1, -0.05) is 202 Å². The number of carbonyl (C=O) groups excluding carboxylic acids is 3. The largest absolute Gasteiger partial charge is 0.462 e. The zero-order chi connectivity index (χ0) is 45.1. The minimum Gasteiger partial charge on any atom is -0.462 e. The van der Waals surface area contributed by atoms with E-state index in [1.54, 1.807) is 0 Å². The van der Waals surface area contributed by atoms with Crippen LogP contribution in [0.4, 0.5) is 0 Å². The molecule has 0 rings (SSSR count). The zero-order valence-electron chi connectivity index (χ0n) is 40.4. The molecule has 0 N–H and O–H groups in total. The first-order valence-electron chi connectivity index (χ1n) is 25.6. The lowest BCUT2D eigenvalue weighted by molar-refractivity contribution is -0.167. The normalized spacial score (nSPS) is 12.8. The molecule has 354 valence electrons. The third-order valence-electron chi connectivity index (χ3n) is 10.6. The molecule has 0 aliphatic carbocycles. The van der Waals surface area contributed by atoms with Gasteiger partial charge in [0.1, 0.15) is 13.2 Å². The first kappa shape index (κ1) is 58.6. The minimum absolute atomic E-state index is 0.0997. The van der Waals surface area contributed by atoms with Gasteiger partial charge in [0, 0.05) is 19.3 Å². The highest BCUT2D eigenvalue weighted by molar-refractivity contribution is 5.71. The van der Waals surface area contributed by atoms with Crippen LogP contribution in [0.15, 0.2) is 85.1 Å².